The van der Waals surface area contributed by atoms with Crippen LogP contribution < -0.4 is 0 Å². The lowest BCUT2D eigenvalue weighted by Gasteiger charge is -2.25. The predicted molar refractivity (Wildman–Crippen MR) is 91.2 cm³/mol. The number of benzene rings is 1. The van der Waals surface area contributed by atoms with E-state index in [1.54, 1.807) is 28.8 Å². The monoisotopic (exact) mass is 345 g/mol. The molecule has 7 heteroatoms. The number of carbonyl (C=O) groups excluding carboxylic acids is 2. The van der Waals surface area contributed by atoms with Crippen LogP contribution in [0.15, 0.2) is 23.7 Å². The number of likely N-dealkylation sites (N-methyl/N-ethyl adjacent to an activating group) is 1. The number of likely N-dealkylation sites (tertiary alicyclic amines) is 1. The van der Waals surface area contributed by atoms with E-state index < -0.39 is 5.60 Å². The highest BCUT2D eigenvalue weighted by molar-refractivity contribution is 7.16. The zero-order valence-corrected chi connectivity index (χ0v) is 14.3. The van der Waals surface area contributed by atoms with E-state index >= 15 is 0 Å². The van der Waals surface area contributed by atoms with Gasteiger partial charge in [-0.3, -0.25) is 4.79 Å². The standard InChI is InChI=1S/C17H19N3O3S/c1-19-10-17(23-16(19)22)5-2-7-20(8-6-17)15(21)12-3-4-13-14(9-12)24-11-18-13/h3-4,9,11H,2,5-8,10H2,1H3/t17-/m0/s1. The molecule has 126 valence electrons. The summed E-state index contributed by atoms with van der Waals surface area (Å²) in [6, 6.07) is 5.65. The van der Waals surface area contributed by atoms with Crippen molar-refractivity contribution in [1.29, 1.82) is 0 Å². The van der Waals surface area contributed by atoms with Gasteiger partial charge in [0, 0.05) is 32.1 Å². The van der Waals surface area contributed by atoms with Gasteiger partial charge < -0.3 is 14.5 Å². The molecule has 0 bridgehead atoms. The third-order valence-electron chi connectivity index (χ3n) is 4.90. The summed E-state index contributed by atoms with van der Waals surface area (Å²) in [5.74, 6) is 0.0417. The maximum absolute atomic E-state index is 12.8. The molecule has 1 atom stereocenters. The summed E-state index contributed by atoms with van der Waals surface area (Å²) in [4.78, 5) is 32.3. The number of ether oxygens (including phenoxy) is 1. The second-order valence-corrected chi connectivity index (χ2v) is 7.47. The number of rotatable bonds is 1. The maximum atomic E-state index is 12.8. The molecule has 24 heavy (non-hydrogen) atoms. The van der Waals surface area contributed by atoms with Crippen LogP contribution in [0, 0.1) is 0 Å². The van der Waals surface area contributed by atoms with Crippen molar-refractivity contribution in [1.82, 2.24) is 14.8 Å². The van der Waals surface area contributed by atoms with E-state index in [0.29, 0.717) is 31.6 Å². The number of amides is 2. The minimum atomic E-state index is -0.428. The molecule has 2 saturated heterocycles. The molecule has 6 nitrogen and oxygen atoms in total. The lowest BCUT2D eigenvalue weighted by atomic mass is 9.95. The first-order chi connectivity index (χ1) is 11.6. The van der Waals surface area contributed by atoms with Crippen LogP contribution in [0.2, 0.25) is 0 Å². The van der Waals surface area contributed by atoms with Gasteiger partial charge in [-0.15, -0.1) is 11.3 Å². The normalized spacial score (nSPS) is 24.5. The van der Waals surface area contributed by atoms with Crippen molar-refractivity contribution in [2.75, 3.05) is 26.7 Å². The highest BCUT2D eigenvalue weighted by Gasteiger charge is 2.44. The van der Waals surface area contributed by atoms with Crippen molar-refractivity contribution >= 4 is 33.6 Å². The quantitative estimate of drug-likeness (QED) is 0.797. The molecule has 0 saturated carbocycles. The van der Waals surface area contributed by atoms with E-state index in [1.807, 2.05) is 23.1 Å². The molecule has 1 aromatic carbocycles. The van der Waals surface area contributed by atoms with Crippen molar-refractivity contribution in [3.05, 3.63) is 29.3 Å². The van der Waals surface area contributed by atoms with Crippen LogP contribution in [0.5, 0.6) is 0 Å². The highest BCUT2D eigenvalue weighted by Crippen LogP contribution is 2.33. The number of thiazole rings is 1. The molecule has 2 aliphatic rings. The fraction of sp³-hybridized carbons (Fsp3) is 0.471. The van der Waals surface area contributed by atoms with E-state index in [9.17, 15) is 9.59 Å². The topological polar surface area (TPSA) is 62.7 Å². The van der Waals surface area contributed by atoms with Crippen LogP contribution in [0.3, 0.4) is 0 Å². The van der Waals surface area contributed by atoms with Gasteiger partial charge in [0.1, 0.15) is 5.60 Å². The van der Waals surface area contributed by atoms with E-state index in [0.717, 1.165) is 23.1 Å². The number of aromatic nitrogens is 1. The average Bonchev–Trinajstić information content (AvgIpc) is 3.07. The van der Waals surface area contributed by atoms with Crippen LogP contribution in [0.25, 0.3) is 10.2 Å². The van der Waals surface area contributed by atoms with Crippen molar-refractivity contribution in [2.24, 2.45) is 0 Å². The molecular formula is C17H19N3O3S. The van der Waals surface area contributed by atoms with Crippen LogP contribution in [-0.2, 0) is 4.74 Å². The van der Waals surface area contributed by atoms with Crippen LogP contribution in [0.4, 0.5) is 4.79 Å². The average molecular weight is 345 g/mol. The van der Waals surface area contributed by atoms with Crippen molar-refractivity contribution in [3.63, 3.8) is 0 Å². The van der Waals surface area contributed by atoms with E-state index in [-0.39, 0.29) is 12.0 Å². The molecule has 1 spiro atoms. The summed E-state index contributed by atoms with van der Waals surface area (Å²) in [5.41, 5.74) is 2.98. The Morgan fingerprint density at radius 1 is 1.33 bits per heavy atom. The van der Waals surface area contributed by atoms with Crippen molar-refractivity contribution < 1.29 is 14.3 Å². The van der Waals surface area contributed by atoms with E-state index in [4.69, 9.17) is 4.74 Å². The third-order valence-corrected chi connectivity index (χ3v) is 5.70. The molecule has 2 aliphatic heterocycles. The third kappa shape index (κ3) is 2.62. The van der Waals surface area contributed by atoms with Gasteiger partial charge in [0.25, 0.3) is 5.91 Å². The van der Waals surface area contributed by atoms with Gasteiger partial charge in [0.15, 0.2) is 0 Å². The summed E-state index contributed by atoms with van der Waals surface area (Å²) in [7, 11) is 1.76. The highest BCUT2D eigenvalue weighted by atomic mass is 32.1. The lowest BCUT2D eigenvalue weighted by Crippen LogP contribution is -2.36. The van der Waals surface area contributed by atoms with Crippen LogP contribution in [-0.4, -0.2) is 59.1 Å². The molecule has 1 aromatic heterocycles. The zero-order chi connectivity index (χ0) is 16.7. The Morgan fingerprint density at radius 3 is 3.00 bits per heavy atom. The molecule has 0 N–H and O–H groups in total. The summed E-state index contributed by atoms with van der Waals surface area (Å²) in [6.45, 7) is 1.92. The van der Waals surface area contributed by atoms with Gasteiger partial charge in [-0.05, 0) is 31.0 Å². The van der Waals surface area contributed by atoms with Gasteiger partial charge in [-0.25, -0.2) is 9.78 Å². The number of fused-ring (bicyclic) bond motifs is 1. The molecule has 0 radical (unpaired) electrons. The fourth-order valence-electron chi connectivity index (χ4n) is 3.59. The first-order valence-corrected chi connectivity index (χ1v) is 9.01. The number of hydrogen-bond donors (Lipinski definition) is 0. The molecular weight excluding hydrogens is 326 g/mol. The van der Waals surface area contributed by atoms with Gasteiger partial charge in [-0.1, -0.05) is 0 Å². The minimum absolute atomic E-state index is 0.0417. The second kappa shape index (κ2) is 5.73. The number of carbonyl (C=O) groups is 2. The minimum Gasteiger partial charge on any atom is -0.441 e. The SMILES string of the molecule is CN1C[C@@]2(CCCN(C(=O)c3ccc4ncsc4c3)CC2)OC1=O. The van der Waals surface area contributed by atoms with Crippen molar-refractivity contribution in [3.8, 4) is 0 Å². The maximum Gasteiger partial charge on any atom is 0.410 e. The Bertz CT molecular complexity index is 805. The molecule has 0 aliphatic carbocycles. The molecule has 2 amide bonds. The lowest BCUT2D eigenvalue weighted by molar-refractivity contribution is 0.0438. The Morgan fingerprint density at radius 2 is 2.21 bits per heavy atom. The Kier molecular flexibility index (Phi) is 3.68. The fourth-order valence-corrected chi connectivity index (χ4v) is 4.31. The molecule has 3 heterocycles. The predicted octanol–water partition coefficient (Wildman–Crippen LogP) is 2.74. The van der Waals surface area contributed by atoms with Gasteiger partial charge in [0.05, 0.1) is 22.3 Å². The van der Waals surface area contributed by atoms with E-state index in [2.05, 4.69) is 4.98 Å². The van der Waals surface area contributed by atoms with Crippen molar-refractivity contribution in [2.45, 2.75) is 24.9 Å². The number of nitrogens with zero attached hydrogens (tertiary/aromatic N) is 3. The summed E-state index contributed by atoms with van der Waals surface area (Å²) in [6.07, 6.45) is 2.08. The van der Waals surface area contributed by atoms with E-state index in [1.165, 1.54) is 0 Å². The molecule has 4 rings (SSSR count). The zero-order valence-electron chi connectivity index (χ0n) is 13.5. The van der Waals surface area contributed by atoms with Gasteiger partial charge in [-0.2, -0.15) is 0 Å². The summed E-state index contributed by atoms with van der Waals surface area (Å²) in [5, 5.41) is 0. The van der Waals surface area contributed by atoms with Crippen LogP contribution in [0.1, 0.15) is 29.6 Å². The first kappa shape index (κ1) is 15.4. The Labute approximate surface area is 144 Å². The van der Waals surface area contributed by atoms with Crippen LogP contribution >= 0.6 is 11.3 Å². The molecule has 0 unspecified atom stereocenters. The second-order valence-electron chi connectivity index (χ2n) is 6.59. The summed E-state index contributed by atoms with van der Waals surface area (Å²) < 4.78 is 6.63. The Hall–Kier alpha value is -2.15. The number of hydrogen-bond acceptors (Lipinski definition) is 5. The molecule has 2 fully saturated rings. The first-order valence-electron chi connectivity index (χ1n) is 8.13. The largest absolute Gasteiger partial charge is 0.441 e. The molecule has 2 aromatic rings. The van der Waals surface area contributed by atoms with Gasteiger partial charge in [0.2, 0.25) is 0 Å². The van der Waals surface area contributed by atoms with Gasteiger partial charge >= 0.3 is 6.09 Å². The Balaban J connectivity index is 1.50. The summed E-state index contributed by atoms with van der Waals surface area (Å²) >= 11 is 1.54. The smallest absolute Gasteiger partial charge is 0.410 e.